The van der Waals surface area contributed by atoms with Crippen LogP contribution in [0.3, 0.4) is 0 Å². The Hall–Kier alpha value is -1.08. The lowest BCUT2D eigenvalue weighted by atomic mass is 10.1. The minimum atomic E-state index is -3.08. The Morgan fingerprint density at radius 1 is 1.36 bits per heavy atom. The summed E-state index contributed by atoms with van der Waals surface area (Å²) >= 11 is 3.55. The zero-order valence-corrected chi connectivity index (χ0v) is 14.8. The number of hydrogen-bond donors (Lipinski definition) is 1. The molecule has 7 heteroatoms. The summed E-state index contributed by atoms with van der Waals surface area (Å²) in [5.74, 6) is 0. The Bertz CT molecular complexity index is 705. The van der Waals surface area contributed by atoms with Gasteiger partial charge in [0.15, 0.2) is 9.84 Å². The molecule has 0 saturated carbocycles. The highest BCUT2D eigenvalue weighted by Gasteiger charge is 2.34. The minimum absolute atomic E-state index is 0.0114. The van der Waals surface area contributed by atoms with Gasteiger partial charge in [0.1, 0.15) is 0 Å². The molecule has 1 aromatic rings. The zero-order chi connectivity index (χ0) is 15.9. The second-order valence-electron chi connectivity index (χ2n) is 6.03. The molecule has 1 saturated heterocycles. The van der Waals surface area contributed by atoms with Crippen LogP contribution in [-0.2, 0) is 16.3 Å². The van der Waals surface area contributed by atoms with Gasteiger partial charge in [-0.1, -0.05) is 28.1 Å². The lowest BCUT2D eigenvalue weighted by Gasteiger charge is -2.21. The summed E-state index contributed by atoms with van der Waals surface area (Å²) < 4.78 is 24.3. The molecular weight excluding hydrogens is 368 g/mol. The van der Waals surface area contributed by atoms with E-state index in [2.05, 4.69) is 21.2 Å². The van der Waals surface area contributed by atoms with Gasteiger partial charge in [-0.2, -0.15) is 0 Å². The van der Waals surface area contributed by atoms with Crippen molar-refractivity contribution in [1.29, 1.82) is 0 Å². The summed E-state index contributed by atoms with van der Waals surface area (Å²) in [5.41, 5.74) is 2.41. The van der Waals surface area contributed by atoms with Crippen molar-refractivity contribution < 1.29 is 13.2 Å². The molecular formula is C15H19BrN2O3S. The molecule has 2 unspecified atom stereocenters. The lowest BCUT2D eigenvalue weighted by molar-refractivity contribution is 0.204. The Balaban J connectivity index is 1.66. The van der Waals surface area contributed by atoms with E-state index in [4.69, 9.17) is 0 Å². The summed E-state index contributed by atoms with van der Waals surface area (Å²) in [6, 6.07) is 5.88. The van der Waals surface area contributed by atoms with E-state index in [1.54, 1.807) is 4.90 Å². The van der Waals surface area contributed by atoms with Gasteiger partial charge < -0.3 is 10.2 Å². The third-order valence-electron chi connectivity index (χ3n) is 4.55. The van der Waals surface area contributed by atoms with Gasteiger partial charge >= 0.3 is 6.03 Å². The monoisotopic (exact) mass is 386 g/mol. The van der Waals surface area contributed by atoms with Gasteiger partial charge in [-0.15, -0.1) is 0 Å². The highest BCUT2D eigenvalue weighted by atomic mass is 79.9. The molecule has 120 valence electrons. The van der Waals surface area contributed by atoms with Crippen LogP contribution in [-0.4, -0.2) is 43.9 Å². The minimum Gasteiger partial charge on any atom is -0.331 e. The molecule has 1 N–H and O–H groups in total. The van der Waals surface area contributed by atoms with Crippen molar-refractivity contribution in [3.63, 3.8) is 0 Å². The molecule has 1 aromatic carbocycles. The number of urea groups is 1. The first-order valence-corrected chi connectivity index (χ1v) is 10.1. The maximum Gasteiger partial charge on any atom is 0.317 e. The Kier molecular flexibility index (Phi) is 4.20. The van der Waals surface area contributed by atoms with E-state index < -0.39 is 15.1 Å². The highest BCUT2D eigenvalue weighted by molar-refractivity contribution is 9.10. The number of carbonyl (C=O) groups is 1. The molecule has 2 amide bonds. The fourth-order valence-corrected chi connectivity index (χ4v) is 4.83. The molecule has 0 aromatic heterocycles. The molecule has 3 rings (SSSR count). The Morgan fingerprint density at radius 2 is 2.14 bits per heavy atom. The number of amides is 2. The number of likely N-dealkylation sites (tertiary alicyclic amines) is 1. The standard InChI is InChI=1S/C15H19BrN2O3S/c1-22(20,21)10-7-8-18(9-10)15(19)17-14-6-5-11-12(14)3-2-4-13(11)16/h2-4,10,14H,5-9H2,1H3,(H,17,19). The first-order valence-electron chi connectivity index (χ1n) is 7.38. The summed E-state index contributed by atoms with van der Waals surface area (Å²) in [6.07, 6.45) is 3.59. The normalized spacial score (nSPS) is 24.4. The number of rotatable bonds is 2. The van der Waals surface area contributed by atoms with E-state index in [0.29, 0.717) is 19.5 Å². The van der Waals surface area contributed by atoms with Gasteiger partial charge in [0.2, 0.25) is 0 Å². The molecule has 5 nitrogen and oxygen atoms in total. The first kappa shape index (κ1) is 15.8. The van der Waals surface area contributed by atoms with Crippen LogP contribution >= 0.6 is 15.9 Å². The zero-order valence-electron chi connectivity index (χ0n) is 12.4. The number of nitrogens with zero attached hydrogens (tertiary/aromatic N) is 1. The van der Waals surface area contributed by atoms with Crippen LogP contribution in [0.2, 0.25) is 0 Å². The van der Waals surface area contributed by atoms with Crippen LogP contribution < -0.4 is 5.32 Å². The summed E-state index contributed by atoms with van der Waals surface area (Å²) in [6.45, 7) is 0.796. The lowest BCUT2D eigenvalue weighted by Crippen LogP contribution is -2.40. The summed E-state index contributed by atoms with van der Waals surface area (Å²) in [4.78, 5) is 14.0. The van der Waals surface area contributed by atoms with E-state index >= 15 is 0 Å². The largest absolute Gasteiger partial charge is 0.331 e. The smallest absolute Gasteiger partial charge is 0.317 e. The van der Waals surface area contributed by atoms with Crippen LogP contribution in [0.25, 0.3) is 0 Å². The molecule has 2 aliphatic rings. The molecule has 1 heterocycles. The predicted molar refractivity (Wildman–Crippen MR) is 88.6 cm³/mol. The third-order valence-corrected chi connectivity index (χ3v) is 6.89. The summed E-state index contributed by atoms with van der Waals surface area (Å²) in [5, 5.41) is 2.62. The van der Waals surface area contributed by atoms with Gasteiger partial charge in [0.05, 0.1) is 11.3 Å². The number of hydrogen-bond acceptors (Lipinski definition) is 3. The number of halogens is 1. The van der Waals surface area contributed by atoms with Crippen LogP contribution in [0.15, 0.2) is 22.7 Å². The highest BCUT2D eigenvalue weighted by Crippen LogP contribution is 2.35. The third kappa shape index (κ3) is 3.01. The van der Waals surface area contributed by atoms with Crippen LogP contribution in [0.1, 0.15) is 30.0 Å². The van der Waals surface area contributed by atoms with Crippen molar-refractivity contribution in [2.75, 3.05) is 19.3 Å². The second-order valence-corrected chi connectivity index (χ2v) is 9.21. The second kappa shape index (κ2) is 5.85. The Labute approximate surface area is 139 Å². The van der Waals surface area contributed by atoms with E-state index in [-0.39, 0.29) is 12.1 Å². The number of nitrogens with one attached hydrogen (secondary N) is 1. The van der Waals surface area contributed by atoms with Gasteiger partial charge in [0.25, 0.3) is 0 Å². The number of fused-ring (bicyclic) bond motifs is 1. The number of carbonyl (C=O) groups excluding carboxylic acids is 1. The predicted octanol–water partition coefficient (Wildman–Crippen LogP) is 2.26. The number of sulfone groups is 1. The molecule has 1 aliphatic heterocycles. The fraction of sp³-hybridized carbons (Fsp3) is 0.533. The van der Waals surface area contributed by atoms with Crippen molar-refractivity contribution in [3.8, 4) is 0 Å². The molecule has 1 fully saturated rings. The van der Waals surface area contributed by atoms with Crippen molar-refractivity contribution >= 4 is 31.8 Å². The molecule has 1 aliphatic carbocycles. The van der Waals surface area contributed by atoms with Crippen LogP contribution in [0, 0.1) is 0 Å². The maximum absolute atomic E-state index is 12.4. The van der Waals surface area contributed by atoms with Crippen LogP contribution in [0.5, 0.6) is 0 Å². The summed E-state index contributed by atoms with van der Waals surface area (Å²) in [7, 11) is -3.08. The average Bonchev–Trinajstić information content (AvgIpc) is 3.06. The van der Waals surface area contributed by atoms with Gasteiger partial charge in [-0.25, -0.2) is 13.2 Å². The Morgan fingerprint density at radius 3 is 2.82 bits per heavy atom. The topological polar surface area (TPSA) is 66.5 Å². The fourth-order valence-electron chi connectivity index (χ4n) is 3.26. The van der Waals surface area contributed by atoms with E-state index in [0.717, 1.165) is 22.9 Å². The molecule has 0 bridgehead atoms. The molecule has 22 heavy (non-hydrogen) atoms. The number of benzene rings is 1. The van der Waals surface area contributed by atoms with Gasteiger partial charge in [0, 0.05) is 23.8 Å². The van der Waals surface area contributed by atoms with Gasteiger partial charge in [-0.05, 0) is 36.5 Å². The molecule has 0 spiro atoms. The van der Waals surface area contributed by atoms with E-state index in [9.17, 15) is 13.2 Å². The molecule has 0 radical (unpaired) electrons. The molecule has 2 atom stereocenters. The quantitative estimate of drug-likeness (QED) is 0.847. The average molecular weight is 387 g/mol. The van der Waals surface area contributed by atoms with Crippen LogP contribution in [0.4, 0.5) is 4.79 Å². The van der Waals surface area contributed by atoms with E-state index in [1.165, 1.54) is 11.8 Å². The van der Waals surface area contributed by atoms with E-state index in [1.807, 2.05) is 18.2 Å². The van der Waals surface area contributed by atoms with Crippen molar-refractivity contribution in [1.82, 2.24) is 10.2 Å². The first-order chi connectivity index (χ1) is 10.4. The SMILES string of the molecule is CS(=O)(=O)C1CCN(C(=O)NC2CCc3c(Br)cccc32)C1. The maximum atomic E-state index is 12.4. The van der Waals surface area contributed by atoms with Gasteiger partial charge in [-0.3, -0.25) is 0 Å². The van der Waals surface area contributed by atoms with Crippen molar-refractivity contribution in [2.45, 2.75) is 30.6 Å². The van der Waals surface area contributed by atoms with Crippen molar-refractivity contribution in [3.05, 3.63) is 33.8 Å². The van der Waals surface area contributed by atoms with Crippen molar-refractivity contribution in [2.24, 2.45) is 0 Å².